The lowest BCUT2D eigenvalue weighted by Gasteiger charge is -2.37. The predicted molar refractivity (Wildman–Crippen MR) is 124 cm³/mol. The number of aromatic nitrogens is 1. The number of nitrogens with zero attached hydrogens (tertiary/aromatic N) is 4. The summed E-state index contributed by atoms with van der Waals surface area (Å²) in [6.45, 7) is 6.17. The smallest absolute Gasteiger partial charge is 0.194 e. The normalized spacial score (nSPS) is 14.8. The van der Waals surface area contributed by atoms with Gasteiger partial charge in [-0.3, -0.25) is 4.99 Å². The van der Waals surface area contributed by atoms with Crippen molar-refractivity contribution in [2.45, 2.75) is 13.5 Å². The summed E-state index contributed by atoms with van der Waals surface area (Å²) >= 11 is 1.73. The van der Waals surface area contributed by atoms with E-state index in [-0.39, 0.29) is 0 Å². The molecule has 0 unspecified atom stereocenters. The van der Waals surface area contributed by atoms with Gasteiger partial charge in [0.05, 0.1) is 17.9 Å². The highest BCUT2D eigenvalue weighted by molar-refractivity contribution is 7.15. The van der Waals surface area contributed by atoms with E-state index in [1.165, 1.54) is 4.88 Å². The van der Waals surface area contributed by atoms with E-state index in [1.807, 2.05) is 43.4 Å². The second-order valence-corrected chi connectivity index (χ2v) is 8.34. The minimum absolute atomic E-state index is 0.336. The summed E-state index contributed by atoms with van der Waals surface area (Å²) < 4.78 is 0. The Balaban J connectivity index is 1.36. The average molecular weight is 422 g/mol. The SMILES string of the molecule is CN=C(NCc1sc(-c2ccccc2)nc1C)N1CCN(c2ccccc2O)CC1. The lowest BCUT2D eigenvalue weighted by molar-refractivity contribution is 0.370. The van der Waals surface area contributed by atoms with Gasteiger partial charge in [-0.05, 0) is 19.1 Å². The van der Waals surface area contributed by atoms with Crippen LogP contribution in [-0.4, -0.2) is 54.2 Å². The third-order valence-electron chi connectivity index (χ3n) is 5.33. The number of aliphatic imine (C=N–C) groups is 1. The van der Waals surface area contributed by atoms with Crippen LogP contribution in [0.25, 0.3) is 10.6 Å². The van der Waals surface area contributed by atoms with Crippen molar-refractivity contribution in [1.82, 2.24) is 15.2 Å². The molecule has 2 N–H and O–H groups in total. The molecule has 0 bridgehead atoms. The Morgan fingerprint density at radius 3 is 2.47 bits per heavy atom. The van der Waals surface area contributed by atoms with E-state index in [4.69, 9.17) is 4.98 Å². The largest absolute Gasteiger partial charge is 0.506 e. The van der Waals surface area contributed by atoms with Gasteiger partial charge in [-0.15, -0.1) is 11.3 Å². The molecule has 7 heteroatoms. The Morgan fingerprint density at radius 2 is 1.77 bits per heavy atom. The van der Waals surface area contributed by atoms with Gasteiger partial charge >= 0.3 is 0 Å². The van der Waals surface area contributed by atoms with Crippen molar-refractivity contribution in [3.8, 4) is 16.3 Å². The minimum Gasteiger partial charge on any atom is -0.506 e. The summed E-state index contributed by atoms with van der Waals surface area (Å²) in [5, 5.41) is 14.7. The number of anilines is 1. The van der Waals surface area contributed by atoms with Crippen LogP contribution in [0.15, 0.2) is 59.6 Å². The highest BCUT2D eigenvalue weighted by atomic mass is 32.1. The predicted octanol–water partition coefficient (Wildman–Crippen LogP) is 3.72. The van der Waals surface area contributed by atoms with Crippen molar-refractivity contribution in [2.75, 3.05) is 38.1 Å². The van der Waals surface area contributed by atoms with Crippen molar-refractivity contribution < 1.29 is 5.11 Å². The second kappa shape index (κ2) is 9.17. The molecule has 156 valence electrons. The topological polar surface area (TPSA) is 64.0 Å². The summed E-state index contributed by atoms with van der Waals surface area (Å²) in [4.78, 5) is 14.9. The first-order valence-electron chi connectivity index (χ1n) is 10.2. The fourth-order valence-electron chi connectivity index (χ4n) is 3.68. The van der Waals surface area contributed by atoms with Crippen molar-refractivity contribution in [3.05, 3.63) is 65.2 Å². The van der Waals surface area contributed by atoms with Crippen LogP contribution in [0, 0.1) is 6.92 Å². The van der Waals surface area contributed by atoms with E-state index in [9.17, 15) is 5.11 Å². The van der Waals surface area contributed by atoms with E-state index in [0.29, 0.717) is 12.3 Å². The van der Waals surface area contributed by atoms with Gasteiger partial charge in [0, 0.05) is 43.7 Å². The number of hydrogen-bond donors (Lipinski definition) is 2. The molecule has 1 fully saturated rings. The first-order valence-corrected chi connectivity index (χ1v) is 11.0. The molecule has 30 heavy (non-hydrogen) atoms. The monoisotopic (exact) mass is 421 g/mol. The number of phenols is 1. The van der Waals surface area contributed by atoms with Crippen LogP contribution in [0.5, 0.6) is 5.75 Å². The van der Waals surface area contributed by atoms with Gasteiger partial charge in [-0.25, -0.2) is 4.98 Å². The lowest BCUT2D eigenvalue weighted by atomic mass is 10.2. The molecule has 0 saturated carbocycles. The Kier molecular flexibility index (Phi) is 6.18. The summed E-state index contributed by atoms with van der Waals surface area (Å²) in [6, 6.07) is 17.8. The molecule has 6 nitrogen and oxygen atoms in total. The molecular formula is C23H27N5OS. The summed E-state index contributed by atoms with van der Waals surface area (Å²) in [7, 11) is 1.83. The molecule has 0 amide bonds. The zero-order valence-corrected chi connectivity index (χ0v) is 18.2. The zero-order chi connectivity index (χ0) is 20.9. The first-order chi connectivity index (χ1) is 14.7. The zero-order valence-electron chi connectivity index (χ0n) is 17.4. The highest BCUT2D eigenvalue weighted by Crippen LogP contribution is 2.28. The number of aryl methyl sites for hydroxylation is 1. The van der Waals surface area contributed by atoms with Crippen molar-refractivity contribution in [2.24, 2.45) is 4.99 Å². The molecule has 1 aliphatic rings. The molecule has 2 heterocycles. The molecule has 1 aliphatic heterocycles. The number of nitrogens with one attached hydrogen (secondary N) is 1. The van der Waals surface area contributed by atoms with Crippen LogP contribution in [0.3, 0.4) is 0 Å². The number of hydrogen-bond acceptors (Lipinski definition) is 5. The van der Waals surface area contributed by atoms with Gasteiger partial charge in [0.1, 0.15) is 10.8 Å². The summed E-state index contributed by atoms with van der Waals surface area (Å²) in [6.07, 6.45) is 0. The van der Waals surface area contributed by atoms with E-state index in [0.717, 1.165) is 54.1 Å². The molecule has 3 aromatic rings. The molecule has 0 radical (unpaired) electrons. The van der Waals surface area contributed by atoms with Gasteiger partial charge < -0.3 is 20.2 Å². The van der Waals surface area contributed by atoms with Gasteiger partial charge in [-0.2, -0.15) is 0 Å². The Bertz CT molecular complexity index is 1010. The quantitative estimate of drug-likeness (QED) is 0.497. The van der Waals surface area contributed by atoms with Gasteiger partial charge in [-0.1, -0.05) is 42.5 Å². The fourth-order valence-corrected chi connectivity index (χ4v) is 4.69. The number of aromatic hydroxyl groups is 1. The number of piperazine rings is 1. The van der Waals surface area contributed by atoms with Crippen LogP contribution in [0.1, 0.15) is 10.6 Å². The van der Waals surface area contributed by atoms with E-state index < -0.39 is 0 Å². The van der Waals surface area contributed by atoms with E-state index >= 15 is 0 Å². The van der Waals surface area contributed by atoms with Crippen LogP contribution < -0.4 is 10.2 Å². The number of benzene rings is 2. The van der Waals surface area contributed by atoms with Crippen molar-refractivity contribution >= 4 is 23.0 Å². The van der Waals surface area contributed by atoms with Crippen molar-refractivity contribution in [1.29, 1.82) is 0 Å². The van der Waals surface area contributed by atoms with Crippen LogP contribution in [-0.2, 0) is 6.54 Å². The Labute approximate surface area is 181 Å². The Hall–Kier alpha value is -3.06. The standard InChI is InChI=1S/C23H27N5OS/c1-17-21(30-22(26-17)18-8-4-3-5-9-18)16-25-23(24-2)28-14-12-27(13-15-28)19-10-6-7-11-20(19)29/h3-11,29H,12-16H2,1-2H3,(H,24,25). The third-order valence-corrected chi connectivity index (χ3v) is 6.54. The summed E-state index contributed by atoms with van der Waals surface area (Å²) in [5.74, 6) is 1.24. The molecule has 0 atom stereocenters. The number of guanidine groups is 1. The maximum Gasteiger partial charge on any atom is 0.194 e. The number of phenolic OH excluding ortho intramolecular Hbond substituents is 1. The molecule has 1 saturated heterocycles. The molecule has 0 spiro atoms. The molecule has 1 aromatic heterocycles. The first kappa shape index (κ1) is 20.2. The highest BCUT2D eigenvalue weighted by Gasteiger charge is 2.21. The second-order valence-electron chi connectivity index (χ2n) is 7.26. The number of para-hydroxylation sites is 2. The van der Waals surface area contributed by atoms with Crippen LogP contribution >= 0.6 is 11.3 Å². The van der Waals surface area contributed by atoms with Gasteiger partial charge in [0.25, 0.3) is 0 Å². The lowest BCUT2D eigenvalue weighted by Crippen LogP contribution is -2.52. The van der Waals surface area contributed by atoms with E-state index in [1.54, 1.807) is 17.4 Å². The number of thiazole rings is 1. The minimum atomic E-state index is 0.336. The molecular weight excluding hydrogens is 394 g/mol. The maximum absolute atomic E-state index is 10.1. The molecule has 0 aliphatic carbocycles. The molecule has 4 rings (SSSR count). The van der Waals surface area contributed by atoms with Crippen LogP contribution in [0.2, 0.25) is 0 Å². The fraction of sp³-hybridized carbons (Fsp3) is 0.304. The maximum atomic E-state index is 10.1. The average Bonchev–Trinajstić information content (AvgIpc) is 3.16. The molecule has 2 aromatic carbocycles. The van der Waals surface area contributed by atoms with Gasteiger partial charge in [0.15, 0.2) is 5.96 Å². The van der Waals surface area contributed by atoms with Crippen molar-refractivity contribution in [3.63, 3.8) is 0 Å². The summed E-state index contributed by atoms with van der Waals surface area (Å²) in [5.41, 5.74) is 3.11. The number of rotatable bonds is 4. The third kappa shape index (κ3) is 4.41. The van der Waals surface area contributed by atoms with E-state index in [2.05, 4.69) is 39.2 Å². The Morgan fingerprint density at radius 1 is 1.07 bits per heavy atom. The van der Waals surface area contributed by atoms with Crippen LogP contribution in [0.4, 0.5) is 5.69 Å². The van der Waals surface area contributed by atoms with Gasteiger partial charge in [0.2, 0.25) is 0 Å².